The molecule has 2 aliphatic rings. The van der Waals surface area contributed by atoms with Crippen molar-refractivity contribution in [3.63, 3.8) is 0 Å². The van der Waals surface area contributed by atoms with Crippen molar-refractivity contribution >= 4 is 23.7 Å². The first-order chi connectivity index (χ1) is 17.1. The molecular formula is C28H32N4O2S. The van der Waals surface area contributed by atoms with Crippen LogP contribution in [-0.2, 0) is 21.7 Å². The number of ether oxygens (including phenoxy) is 1. The van der Waals surface area contributed by atoms with Crippen LogP contribution in [0.2, 0.25) is 0 Å². The molecule has 0 amide bonds. The summed E-state index contributed by atoms with van der Waals surface area (Å²) in [5.74, 6) is 1.17. The molecule has 2 heterocycles. The number of hydrogen-bond donors (Lipinski definition) is 1. The Kier molecular flexibility index (Phi) is 7.23. The monoisotopic (exact) mass is 488 g/mol. The molecule has 0 saturated heterocycles. The van der Waals surface area contributed by atoms with Gasteiger partial charge in [0.15, 0.2) is 0 Å². The zero-order chi connectivity index (χ0) is 24.2. The molecule has 1 aromatic heterocycles. The first kappa shape index (κ1) is 23.7. The predicted octanol–water partition coefficient (Wildman–Crippen LogP) is 6.30. The molecule has 1 saturated carbocycles. The number of thioether (sulfide) groups is 1. The molecule has 0 radical (unpaired) electrons. The molecule has 1 N–H and O–H groups in total. The van der Waals surface area contributed by atoms with E-state index in [4.69, 9.17) is 14.8 Å². The normalized spacial score (nSPS) is 18.2. The maximum Gasteiger partial charge on any atom is 0.338 e. The van der Waals surface area contributed by atoms with E-state index in [9.17, 15) is 4.79 Å². The highest BCUT2D eigenvalue weighted by Gasteiger charge is 2.36. The summed E-state index contributed by atoms with van der Waals surface area (Å²) in [4.78, 5) is 18.3. The Morgan fingerprint density at radius 3 is 2.51 bits per heavy atom. The summed E-state index contributed by atoms with van der Waals surface area (Å²) in [5, 5.41) is 8.85. The lowest BCUT2D eigenvalue weighted by Crippen LogP contribution is -2.32. The van der Waals surface area contributed by atoms with Crippen LogP contribution in [0, 0.1) is 0 Å². The summed E-state index contributed by atoms with van der Waals surface area (Å²) in [6.07, 6.45) is 6.29. The molecule has 7 heteroatoms. The third-order valence-corrected chi connectivity index (χ3v) is 7.70. The van der Waals surface area contributed by atoms with E-state index >= 15 is 0 Å². The van der Waals surface area contributed by atoms with Crippen LogP contribution in [0.15, 0.2) is 71.0 Å². The van der Waals surface area contributed by atoms with Gasteiger partial charge >= 0.3 is 5.97 Å². The lowest BCUT2D eigenvalue weighted by molar-refractivity contribution is -0.146. The molecule has 0 bridgehead atoms. The molecule has 1 aliphatic heterocycles. The molecule has 6 nitrogen and oxygen atoms in total. The second-order valence-electron chi connectivity index (χ2n) is 9.26. The van der Waals surface area contributed by atoms with E-state index in [-0.39, 0.29) is 18.1 Å². The Bertz CT molecular complexity index is 1200. The Balaban J connectivity index is 1.46. The maximum absolute atomic E-state index is 13.5. The zero-order valence-electron chi connectivity index (χ0n) is 20.4. The number of carbonyl (C=O) groups is 1. The number of benzene rings is 2. The number of nitrogens with one attached hydrogen (secondary N) is 1. The summed E-state index contributed by atoms with van der Waals surface area (Å²) in [6, 6.07) is 18.4. The molecule has 1 fully saturated rings. The van der Waals surface area contributed by atoms with E-state index in [1.54, 1.807) is 11.8 Å². The van der Waals surface area contributed by atoms with Gasteiger partial charge in [-0.15, -0.1) is 5.10 Å². The minimum Gasteiger partial charge on any atom is -0.459 e. The quantitative estimate of drug-likeness (QED) is 0.311. The standard InChI is InChI=1S/C28H32N4O2S/c1-3-20-14-16-22(17-15-20)25-24(26(33)34-23-12-8-5-9-13-23)19(2)29-27-30-28(31-32(25)27)35-18-21-10-6-4-7-11-21/h4,6-7,10-11,14-17,23,25H,3,5,8-9,12-13,18H2,1-2H3,(H,29,30,31). The van der Waals surface area contributed by atoms with Gasteiger partial charge < -0.3 is 10.1 Å². The van der Waals surface area contributed by atoms with E-state index < -0.39 is 0 Å². The lowest BCUT2D eigenvalue weighted by atomic mass is 9.94. The van der Waals surface area contributed by atoms with Gasteiger partial charge in [0.05, 0.1) is 5.57 Å². The van der Waals surface area contributed by atoms with Gasteiger partial charge in [-0.25, -0.2) is 9.48 Å². The van der Waals surface area contributed by atoms with Crippen LogP contribution in [0.25, 0.3) is 0 Å². The zero-order valence-corrected chi connectivity index (χ0v) is 21.2. The van der Waals surface area contributed by atoms with E-state index in [2.05, 4.69) is 48.6 Å². The molecular weight excluding hydrogens is 456 g/mol. The first-order valence-corrected chi connectivity index (χ1v) is 13.5. The minimum absolute atomic E-state index is 0.00574. The molecule has 1 unspecified atom stereocenters. The van der Waals surface area contributed by atoms with Gasteiger partial charge in [0.1, 0.15) is 12.1 Å². The Morgan fingerprint density at radius 1 is 1.06 bits per heavy atom. The molecule has 2 aromatic carbocycles. The number of anilines is 1. The summed E-state index contributed by atoms with van der Waals surface area (Å²) < 4.78 is 7.87. The van der Waals surface area contributed by atoms with Gasteiger partial charge in [-0.1, -0.05) is 79.7 Å². The van der Waals surface area contributed by atoms with Crippen molar-refractivity contribution in [3.05, 3.63) is 82.6 Å². The van der Waals surface area contributed by atoms with Gasteiger partial charge in [-0.05, 0) is 55.7 Å². The third kappa shape index (κ3) is 5.30. The number of carbonyl (C=O) groups excluding carboxylic acids is 1. The highest BCUT2D eigenvalue weighted by molar-refractivity contribution is 7.98. The number of allylic oxidation sites excluding steroid dienone is 1. The Morgan fingerprint density at radius 2 is 1.80 bits per heavy atom. The van der Waals surface area contributed by atoms with Crippen LogP contribution < -0.4 is 5.32 Å². The van der Waals surface area contributed by atoms with Crippen LogP contribution in [0.4, 0.5) is 5.95 Å². The summed E-state index contributed by atoms with van der Waals surface area (Å²) in [5.41, 5.74) is 4.86. The molecule has 1 atom stereocenters. The smallest absolute Gasteiger partial charge is 0.338 e. The van der Waals surface area contributed by atoms with Crippen LogP contribution in [0.5, 0.6) is 0 Å². The topological polar surface area (TPSA) is 69.0 Å². The van der Waals surface area contributed by atoms with Crippen LogP contribution in [-0.4, -0.2) is 26.8 Å². The maximum atomic E-state index is 13.5. The van der Waals surface area contributed by atoms with Crippen LogP contribution in [0.1, 0.15) is 68.7 Å². The van der Waals surface area contributed by atoms with Crippen molar-refractivity contribution in [1.82, 2.24) is 14.8 Å². The fourth-order valence-electron chi connectivity index (χ4n) is 4.82. The largest absolute Gasteiger partial charge is 0.459 e. The van der Waals surface area contributed by atoms with Crippen molar-refractivity contribution in [3.8, 4) is 0 Å². The second-order valence-corrected chi connectivity index (χ2v) is 10.2. The van der Waals surface area contributed by atoms with Gasteiger partial charge in [-0.3, -0.25) is 0 Å². The SMILES string of the molecule is CCc1ccc(C2C(C(=O)OC3CCCCC3)=C(C)Nc3nc(SCc4ccccc4)nn32)cc1. The van der Waals surface area contributed by atoms with E-state index in [1.807, 2.05) is 29.8 Å². The molecule has 0 spiro atoms. The summed E-state index contributed by atoms with van der Waals surface area (Å²) in [6.45, 7) is 4.07. The average Bonchev–Trinajstić information content (AvgIpc) is 3.30. The minimum atomic E-state index is -0.383. The second kappa shape index (κ2) is 10.7. The number of nitrogens with zero attached hydrogens (tertiary/aromatic N) is 3. The highest BCUT2D eigenvalue weighted by Crippen LogP contribution is 2.38. The number of rotatable bonds is 7. The molecule has 35 heavy (non-hydrogen) atoms. The van der Waals surface area contributed by atoms with E-state index in [0.717, 1.165) is 49.1 Å². The summed E-state index contributed by atoms with van der Waals surface area (Å²) in [7, 11) is 0. The van der Waals surface area contributed by atoms with Gasteiger partial charge in [0, 0.05) is 11.4 Å². The van der Waals surface area contributed by atoms with Crippen molar-refractivity contribution in [1.29, 1.82) is 0 Å². The fourth-order valence-corrected chi connectivity index (χ4v) is 5.61. The number of esters is 1. The molecule has 1 aliphatic carbocycles. The Labute approximate surface area is 211 Å². The van der Waals surface area contributed by atoms with Crippen molar-refractivity contribution in [2.24, 2.45) is 0 Å². The van der Waals surface area contributed by atoms with Crippen molar-refractivity contribution < 1.29 is 9.53 Å². The molecule has 3 aromatic rings. The van der Waals surface area contributed by atoms with Gasteiger partial charge in [0.25, 0.3) is 0 Å². The van der Waals surface area contributed by atoms with Gasteiger partial charge in [0.2, 0.25) is 11.1 Å². The Hall–Kier alpha value is -3.06. The highest BCUT2D eigenvalue weighted by atomic mass is 32.2. The van der Waals surface area contributed by atoms with Crippen molar-refractivity contribution in [2.75, 3.05) is 5.32 Å². The fraction of sp³-hybridized carbons (Fsp3) is 0.393. The summed E-state index contributed by atoms with van der Waals surface area (Å²) >= 11 is 1.59. The van der Waals surface area contributed by atoms with E-state index in [0.29, 0.717) is 16.7 Å². The number of fused-ring (bicyclic) bond motifs is 1. The van der Waals surface area contributed by atoms with E-state index in [1.165, 1.54) is 17.5 Å². The van der Waals surface area contributed by atoms with Crippen LogP contribution in [0.3, 0.4) is 0 Å². The first-order valence-electron chi connectivity index (χ1n) is 12.5. The number of aryl methyl sites for hydroxylation is 1. The number of aromatic nitrogens is 3. The van der Waals surface area contributed by atoms with Crippen LogP contribution >= 0.6 is 11.8 Å². The predicted molar refractivity (Wildman–Crippen MR) is 139 cm³/mol. The third-order valence-electron chi connectivity index (χ3n) is 6.79. The molecule has 5 rings (SSSR count). The average molecular weight is 489 g/mol. The number of hydrogen-bond acceptors (Lipinski definition) is 6. The molecule has 182 valence electrons. The van der Waals surface area contributed by atoms with Gasteiger partial charge in [-0.2, -0.15) is 4.98 Å². The lowest BCUT2D eigenvalue weighted by Gasteiger charge is -2.30. The van der Waals surface area contributed by atoms with Crippen molar-refractivity contribution in [2.45, 2.75) is 75.4 Å².